The van der Waals surface area contributed by atoms with Gasteiger partial charge in [0.25, 0.3) is 5.56 Å². The third-order valence-corrected chi connectivity index (χ3v) is 3.77. The van der Waals surface area contributed by atoms with Crippen molar-refractivity contribution >= 4 is 11.2 Å². The second kappa shape index (κ2) is 5.90. The van der Waals surface area contributed by atoms with Gasteiger partial charge in [0.1, 0.15) is 18.0 Å². The Labute approximate surface area is 140 Å². The number of halogens is 2. The minimum absolute atomic E-state index is 0.105. The topological polar surface area (TPSA) is 65.6 Å². The second-order valence-electron chi connectivity index (χ2n) is 5.45. The molecule has 0 spiro atoms. The van der Waals surface area contributed by atoms with E-state index in [9.17, 15) is 13.6 Å². The number of benzene rings is 2. The third-order valence-electron chi connectivity index (χ3n) is 3.77. The van der Waals surface area contributed by atoms with E-state index in [1.807, 2.05) is 0 Å². The van der Waals surface area contributed by atoms with Gasteiger partial charge in [-0.1, -0.05) is 17.3 Å². The highest BCUT2D eigenvalue weighted by atomic mass is 19.1. The van der Waals surface area contributed by atoms with Crippen molar-refractivity contribution in [3.05, 3.63) is 82.4 Å². The molecule has 0 N–H and O–H groups in total. The van der Waals surface area contributed by atoms with E-state index >= 15 is 0 Å². The first-order valence-corrected chi connectivity index (χ1v) is 7.43. The van der Waals surface area contributed by atoms with E-state index in [-0.39, 0.29) is 34.9 Å². The van der Waals surface area contributed by atoms with Gasteiger partial charge >= 0.3 is 0 Å². The van der Waals surface area contributed by atoms with Crippen molar-refractivity contribution < 1.29 is 8.78 Å². The summed E-state index contributed by atoms with van der Waals surface area (Å²) < 4.78 is 28.8. The summed E-state index contributed by atoms with van der Waals surface area (Å²) in [4.78, 5) is 16.8. The van der Waals surface area contributed by atoms with Crippen LogP contribution in [-0.2, 0) is 6.54 Å². The van der Waals surface area contributed by atoms with Crippen LogP contribution in [0.1, 0.15) is 5.56 Å². The van der Waals surface area contributed by atoms with Crippen LogP contribution in [0.15, 0.2) is 59.7 Å². The van der Waals surface area contributed by atoms with E-state index in [0.29, 0.717) is 5.69 Å². The molecule has 0 atom stereocenters. The minimum Gasteiger partial charge on any atom is -0.293 e. The Hall–Kier alpha value is -3.42. The fraction of sp³-hybridized carbons (Fsp3) is 0.0588. The summed E-state index contributed by atoms with van der Waals surface area (Å²) in [5.41, 5.74) is 1.34. The van der Waals surface area contributed by atoms with Crippen LogP contribution in [0.5, 0.6) is 0 Å². The van der Waals surface area contributed by atoms with Gasteiger partial charge in [-0.15, -0.1) is 5.10 Å². The van der Waals surface area contributed by atoms with Gasteiger partial charge in [0.05, 0.1) is 12.2 Å². The lowest BCUT2D eigenvalue weighted by atomic mass is 10.2. The van der Waals surface area contributed by atoms with Crippen molar-refractivity contribution in [2.45, 2.75) is 6.54 Å². The lowest BCUT2D eigenvalue weighted by Crippen LogP contribution is -2.21. The highest BCUT2D eigenvalue weighted by Crippen LogP contribution is 2.13. The number of rotatable bonds is 3. The first-order valence-electron chi connectivity index (χ1n) is 7.43. The fourth-order valence-electron chi connectivity index (χ4n) is 2.50. The first-order chi connectivity index (χ1) is 12.1. The summed E-state index contributed by atoms with van der Waals surface area (Å²) in [5.74, 6) is -0.713. The smallest absolute Gasteiger partial charge is 0.283 e. The lowest BCUT2D eigenvalue weighted by molar-refractivity contribution is 0.625. The van der Waals surface area contributed by atoms with Crippen molar-refractivity contribution in [3.8, 4) is 5.69 Å². The molecule has 0 aliphatic carbocycles. The van der Waals surface area contributed by atoms with Gasteiger partial charge in [0.2, 0.25) is 0 Å². The van der Waals surface area contributed by atoms with Crippen LogP contribution in [0, 0.1) is 11.6 Å². The van der Waals surface area contributed by atoms with Crippen LogP contribution in [0.2, 0.25) is 0 Å². The van der Waals surface area contributed by atoms with E-state index < -0.39 is 0 Å². The zero-order valence-corrected chi connectivity index (χ0v) is 12.8. The molecular weight excluding hydrogens is 328 g/mol. The van der Waals surface area contributed by atoms with Crippen LogP contribution < -0.4 is 5.56 Å². The van der Waals surface area contributed by atoms with Gasteiger partial charge in [0.15, 0.2) is 11.2 Å². The standard InChI is InChI=1S/C17H11F2N5O/c18-12-3-1-11(2-4-12)9-23-10-20-16-15(17(23)25)21-22-24(16)14-7-5-13(19)6-8-14/h1-8,10H,9H2. The van der Waals surface area contributed by atoms with Crippen LogP contribution >= 0.6 is 0 Å². The average molecular weight is 339 g/mol. The normalized spacial score (nSPS) is 11.1. The largest absolute Gasteiger partial charge is 0.293 e. The molecule has 4 rings (SSSR count). The van der Waals surface area contributed by atoms with Gasteiger partial charge in [-0.05, 0) is 42.0 Å². The number of hydrogen-bond acceptors (Lipinski definition) is 4. The summed E-state index contributed by atoms with van der Waals surface area (Å²) in [5, 5.41) is 7.83. The molecule has 124 valence electrons. The third kappa shape index (κ3) is 2.78. The van der Waals surface area contributed by atoms with E-state index in [0.717, 1.165) is 5.56 Å². The molecule has 0 aliphatic heterocycles. The Morgan fingerprint density at radius 1 is 0.920 bits per heavy atom. The Morgan fingerprint density at radius 3 is 2.24 bits per heavy atom. The summed E-state index contributed by atoms with van der Waals surface area (Å²) in [6.45, 7) is 0.242. The van der Waals surface area contributed by atoms with Gasteiger partial charge in [-0.25, -0.2) is 13.8 Å². The van der Waals surface area contributed by atoms with Crippen molar-refractivity contribution in [2.24, 2.45) is 0 Å². The average Bonchev–Trinajstić information content (AvgIpc) is 3.05. The van der Waals surface area contributed by atoms with Gasteiger partial charge in [-0.3, -0.25) is 9.36 Å². The maximum atomic E-state index is 13.1. The highest BCUT2D eigenvalue weighted by molar-refractivity contribution is 5.70. The molecule has 2 heterocycles. The molecule has 0 amide bonds. The first kappa shape index (κ1) is 15.1. The highest BCUT2D eigenvalue weighted by Gasteiger charge is 2.13. The lowest BCUT2D eigenvalue weighted by Gasteiger charge is -2.05. The molecule has 0 unspecified atom stereocenters. The molecule has 0 bridgehead atoms. The molecule has 0 radical (unpaired) electrons. The van der Waals surface area contributed by atoms with Crippen molar-refractivity contribution in [1.29, 1.82) is 0 Å². The molecule has 0 saturated carbocycles. The maximum Gasteiger partial charge on any atom is 0.283 e. The van der Waals surface area contributed by atoms with E-state index in [4.69, 9.17) is 0 Å². The van der Waals surface area contributed by atoms with Gasteiger partial charge < -0.3 is 0 Å². The number of aromatic nitrogens is 5. The number of hydrogen-bond donors (Lipinski definition) is 0. The van der Waals surface area contributed by atoms with Gasteiger partial charge in [-0.2, -0.15) is 4.68 Å². The Morgan fingerprint density at radius 2 is 1.56 bits per heavy atom. The number of fused-ring (bicyclic) bond motifs is 1. The molecular formula is C17H11F2N5O. The summed E-state index contributed by atoms with van der Waals surface area (Å²) >= 11 is 0. The molecule has 2 aromatic heterocycles. The second-order valence-corrected chi connectivity index (χ2v) is 5.45. The van der Waals surface area contributed by atoms with Crippen molar-refractivity contribution in [1.82, 2.24) is 24.5 Å². The maximum absolute atomic E-state index is 13.1. The molecule has 0 aliphatic rings. The SMILES string of the molecule is O=c1c2nnn(-c3ccc(F)cc3)c2ncn1Cc1ccc(F)cc1. The van der Waals surface area contributed by atoms with E-state index in [1.165, 1.54) is 52.0 Å². The molecule has 4 aromatic rings. The zero-order chi connectivity index (χ0) is 17.4. The van der Waals surface area contributed by atoms with Crippen LogP contribution in [0.25, 0.3) is 16.9 Å². The summed E-state index contributed by atoms with van der Waals surface area (Å²) in [6, 6.07) is 11.5. The minimum atomic E-state index is -0.372. The Bertz CT molecular complexity index is 1100. The molecule has 0 saturated heterocycles. The van der Waals surface area contributed by atoms with Crippen molar-refractivity contribution in [3.63, 3.8) is 0 Å². The van der Waals surface area contributed by atoms with Gasteiger partial charge in [0, 0.05) is 0 Å². The molecule has 2 aromatic carbocycles. The molecule has 8 heteroatoms. The Balaban J connectivity index is 1.75. The van der Waals surface area contributed by atoms with E-state index in [2.05, 4.69) is 15.3 Å². The summed E-state index contributed by atoms with van der Waals surface area (Å²) in [7, 11) is 0. The van der Waals surface area contributed by atoms with Crippen LogP contribution in [0.4, 0.5) is 8.78 Å². The monoisotopic (exact) mass is 339 g/mol. The zero-order valence-electron chi connectivity index (χ0n) is 12.8. The van der Waals surface area contributed by atoms with Crippen LogP contribution in [0.3, 0.4) is 0 Å². The quantitative estimate of drug-likeness (QED) is 0.574. The van der Waals surface area contributed by atoms with Crippen LogP contribution in [-0.4, -0.2) is 24.5 Å². The Kier molecular flexibility index (Phi) is 3.57. The predicted octanol–water partition coefficient (Wildman–Crippen LogP) is 2.30. The van der Waals surface area contributed by atoms with E-state index in [1.54, 1.807) is 12.1 Å². The fourth-order valence-corrected chi connectivity index (χ4v) is 2.50. The summed E-state index contributed by atoms with van der Waals surface area (Å²) in [6.07, 6.45) is 1.39. The van der Waals surface area contributed by atoms with Crippen molar-refractivity contribution in [2.75, 3.05) is 0 Å². The molecule has 25 heavy (non-hydrogen) atoms. The predicted molar refractivity (Wildman–Crippen MR) is 86.4 cm³/mol. The molecule has 0 fully saturated rings. The number of nitrogens with zero attached hydrogens (tertiary/aromatic N) is 5. The molecule has 6 nitrogen and oxygen atoms in total.